The number of nitrogens with one attached hydrogen (secondary N) is 1. The van der Waals surface area contributed by atoms with Gasteiger partial charge in [0, 0.05) is 18.2 Å². The van der Waals surface area contributed by atoms with Crippen LogP contribution in [0.5, 0.6) is 5.75 Å². The fourth-order valence-electron chi connectivity index (χ4n) is 3.76. The fraction of sp³-hybridized carbons (Fsp3) is 0.240. The van der Waals surface area contributed by atoms with Crippen LogP contribution in [-0.2, 0) is 10.0 Å². The second kappa shape index (κ2) is 9.85. The zero-order valence-electron chi connectivity index (χ0n) is 19.8. The van der Waals surface area contributed by atoms with Crippen molar-refractivity contribution in [2.75, 3.05) is 13.7 Å². The molecule has 0 saturated carbocycles. The highest BCUT2D eigenvalue weighted by Crippen LogP contribution is 2.29. The Labute approximate surface area is 203 Å². The summed E-state index contributed by atoms with van der Waals surface area (Å²) in [6.45, 7) is 5.57. The van der Waals surface area contributed by atoms with Gasteiger partial charge in [0.1, 0.15) is 22.0 Å². The van der Waals surface area contributed by atoms with Crippen molar-refractivity contribution in [1.29, 1.82) is 0 Å². The van der Waals surface area contributed by atoms with E-state index in [0.717, 1.165) is 5.56 Å². The standard InChI is InChI=1S/C25H26N4O5S/c1-16(19-8-6-5-7-9-19)15-26-35(31,32)23-14-20(10-12-22(23)33-4)21-11-13-24(30)29(27-21)25-17(2)28-34-18(25)3/h5-14,16,26H,15H2,1-4H3/t16-/m0/s1. The average molecular weight is 495 g/mol. The Morgan fingerprint density at radius 3 is 2.49 bits per heavy atom. The van der Waals surface area contributed by atoms with Gasteiger partial charge in [0.25, 0.3) is 5.56 Å². The molecule has 0 aliphatic heterocycles. The number of hydrogen-bond acceptors (Lipinski definition) is 7. The van der Waals surface area contributed by atoms with Crippen LogP contribution in [0.2, 0.25) is 0 Å². The summed E-state index contributed by atoms with van der Waals surface area (Å²) >= 11 is 0. The molecule has 0 aliphatic carbocycles. The molecule has 182 valence electrons. The van der Waals surface area contributed by atoms with Crippen LogP contribution in [0.15, 0.2) is 74.9 Å². The second-order valence-corrected chi connectivity index (χ2v) is 9.91. The van der Waals surface area contributed by atoms with Crippen molar-refractivity contribution in [3.63, 3.8) is 0 Å². The molecule has 2 heterocycles. The molecule has 9 nitrogen and oxygen atoms in total. The van der Waals surface area contributed by atoms with E-state index in [1.54, 1.807) is 32.0 Å². The highest BCUT2D eigenvalue weighted by molar-refractivity contribution is 7.89. The molecule has 1 atom stereocenters. The molecule has 4 rings (SSSR count). The number of aryl methyl sites for hydroxylation is 2. The highest BCUT2D eigenvalue weighted by Gasteiger charge is 2.22. The third-order valence-electron chi connectivity index (χ3n) is 5.70. The lowest BCUT2D eigenvalue weighted by molar-refractivity contribution is 0.392. The summed E-state index contributed by atoms with van der Waals surface area (Å²) in [6, 6.07) is 17.3. The average Bonchev–Trinajstić information content (AvgIpc) is 3.20. The monoisotopic (exact) mass is 494 g/mol. The number of ether oxygens (including phenoxy) is 1. The molecular weight excluding hydrogens is 468 g/mol. The molecule has 0 amide bonds. The van der Waals surface area contributed by atoms with Gasteiger partial charge in [0.15, 0.2) is 5.76 Å². The minimum Gasteiger partial charge on any atom is -0.495 e. The Balaban J connectivity index is 1.69. The smallest absolute Gasteiger partial charge is 0.271 e. The quantitative estimate of drug-likeness (QED) is 0.398. The first-order valence-corrected chi connectivity index (χ1v) is 12.5. The highest BCUT2D eigenvalue weighted by atomic mass is 32.2. The normalized spacial score (nSPS) is 12.5. The van der Waals surface area contributed by atoms with E-state index in [-0.39, 0.29) is 28.7 Å². The van der Waals surface area contributed by atoms with Crippen molar-refractivity contribution < 1.29 is 17.7 Å². The molecular formula is C25H26N4O5S. The summed E-state index contributed by atoms with van der Waals surface area (Å²) in [5.41, 5.74) is 2.55. The number of nitrogens with zero attached hydrogens (tertiary/aromatic N) is 3. The molecule has 0 radical (unpaired) electrons. The van der Waals surface area contributed by atoms with E-state index in [4.69, 9.17) is 9.26 Å². The summed E-state index contributed by atoms with van der Waals surface area (Å²) in [6.07, 6.45) is 0. The maximum absolute atomic E-state index is 13.2. The summed E-state index contributed by atoms with van der Waals surface area (Å²) in [7, 11) is -2.49. The third-order valence-corrected chi connectivity index (χ3v) is 7.15. The molecule has 0 spiro atoms. The maximum atomic E-state index is 13.2. The van der Waals surface area contributed by atoms with E-state index in [1.165, 1.54) is 23.9 Å². The molecule has 2 aromatic carbocycles. The Bertz CT molecular complexity index is 1490. The first-order valence-electron chi connectivity index (χ1n) is 11.0. The van der Waals surface area contributed by atoms with Crippen molar-refractivity contribution in [1.82, 2.24) is 19.7 Å². The van der Waals surface area contributed by atoms with Crippen LogP contribution in [0.3, 0.4) is 0 Å². The van der Waals surface area contributed by atoms with E-state index in [0.29, 0.717) is 28.4 Å². The van der Waals surface area contributed by atoms with Gasteiger partial charge in [-0.05, 0) is 49.6 Å². The summed E-state index contributed by atoms with van der Waals surface area (Å²) in [5, 5.41) is 8.33. The van der Waals surface area contributed by atoms with Gasteiger partial charge < -0.3 is 9.26 Å². The van der Waals surface area contributed by atoms with Crippen LogP contribution in [0, 0.1) is 13.8 Å². The molecule has 2 aromatic heterocycles. The van der Waals surface area contributed by atoms with Crippen molar-refractivity contribution >= 4 is 10.0 Å². The fourth-order valence-corrected chi connectivity index (χ4v) is 5.09. The topological polar surface area (TPSA) is 116 Å². The van der Waals surface area contributed by atoms with Gasteiger partial charge in [-0.3, -0.25) is 4.79 Å². The molecule has 4 aromatic rings. The number of rotatable bonds is 8. The molecule has 0 fully saturated rings. The van der Waals surface area contributed by atoms with Crippen molar-refractivity contribution in [2.24, 2.45) is 0 Å². The zero-order chi connectivity index (χ0) is 25.2. The van der Waals surface area contributed by atoms with Gasteiger partial charge in [0.05, 0.1) is 12.8 Å². The molecule has 0 unspecified atom stereocenters. The van der Waals surface area contributed by atoms with E-state index in [2.05, 4.69) is 15.0 Å². The maximum Gasteiger partial charge on any atom is 0.271 e. The molecule has 10 heteroatoms. The number of methoxy groups -OCH3 is 1. The van der Waals surface area contributed by atoms with Gasteiger partial charge in [-0.25, -0.2) is 13.1 Å². The van der Waals surface area contributed by atoms with Gasteiger partial charge in [-0.15, -0.1) is 0 Å². The first-order chi connectivity index (χ1) is 16.7. The van der Waals surface area contributed by atoms with Crippen molar-refractivity contribution in [3.05, 3.63) is 88.0 Å². The SMILES string of the molecule is COc1ccc(-c2ccc(=O)n(-c3c(C)noc3C)n2)cc1S(=O)(=O)NC[C@H](C)c1ccccc1. The molecule has 0 saturated heterocycles. The second-order valence-electron chi connectivity index (χ2n) is 8.17. The lowest BCUT2D eigenvalue weighted by atomic mass is 10.0. The minimum absolute atomic E-state index is 0.0188. The van der Waals surface area contributed by atoms with E-state index < -0.39 is 10.0 Å². The summed E-state index contributed by atoms with van der Waals surface area (Å²) in [4.78, 5) is 12.5. The van der Waals surface area contributed by atoms with Crippen molar-refractivity contribution in [2.45, 2.75) is 31.6 Å². The van der Waals surface area contributed by atoms with E-state index in [9.17, 15) is 13.2 Å². The van der Waals surface area contributed by atoms with Crippen molar-refractivity contribution in [3.8, 4) is 22.7 Å². The molecule has 35 heavy (non-hydrogen) atoms. The predicted octanol–water partition coefficient (Wildman–Crippen LogP) is 3.59. The third kappa shape index (κ3) is 5.03. The minimum atomic E-state index is -3.91. The Morgan fingerprint density at radius 2 is 1.83 bits per heavy atom. The number of benzene rings is 2. The number of sulfonamides is 1. The Morgan fingerprint density at radius 1 is 1.09 bits per heavy atom. The molecule has 0 bridgehead atoms. The first kappa shape index (κ1) is 24.4. The van der Waals surface area contributed by atoms with Gasteiger partial charge in [-0.1, -0.05) is 42.4 Å². The van der Waals surface area contributed by atoms with Gasteiger partial charge in [0.2, 0.25) is 10.0 Å². The number of hydrogen-bond donors (Lipinski definition) is 1. The number of aromatic nitrogens is 3. The van der Waals surface area contributed by atoms with Gasteiger partial charge in [-0.2, -0.15) is 9.78 Å². The lowest BCUT2D eigenvalue weighted by Crippen LogP contribution is -2.28. The summed E-state index contributed by atoms with van der Waals surface area (Å²) < 4.78 is 40.9. The summed E-state index contributed by atoms with van der Waals surface area (Å²) in [5.74, 6) is 0.622. The van der Waals surface area contributed by atoms with Crippen LogP contribution in [0.25, 0.3) is 16.9 Å². The van der Waals surface area contributed by atoms with Crippen LogP contribution in [-0.4, -0.2) is 37.0 Å². The molecule has 0 aliphatic rings. The Kier molecular flexibility index (Phi) is 6.86. The Hall–Kier alpha value is -3.76. The predicted molar refractivity (Wildman–Crippen MR) is 131 cm³/mol. The van der Waals surface area contributed by atoms with Crippen LogP contribution >= 0.6 is 0 Å². The molecule has 1 N–H and O–H groups in total. The van der Waals surface area contributed by atoms with Gasteiger partial charge >= 0.3 is 0 Å². The van der Waals surface area contributed by atoms with Crippen LogP contribution in [0.1, 0.15) is 29.9 Å². The van der Waals surface area contributed by atoms with E-state index in [1.807, 2.05) is 37.3 Å². The van der Waals surface area contributed by atoms with Crippen LogP contribution in [0.4, 0.5) is 0 Å². The van der Waals surface area contributed by atoms with Crippen LogP contribution < -0.4 is 15.0 Å². The zero-order valence-corrected chi connectivity index (χ0v) is 20.7. The largest absolute Gasteiger partial charge is 0.495 e. The lowest BCUT2D eigenvalue weighted by Gasteiger charge is -2.16. The van der Waals surface area contributed by atoms with E-state index >= 15 is 0 Å².